The van der Waals surface area contributed by atoms with Crippen LogP contribution in [0.2, 0.25) is 0 Å². The summed E-state index contributed by atoms with van der Waals surface area (Å²) in [7, 11) is 3.76. The highest BCUT2D eigenvalue weighted by atomic mass is 16.3. The number of aromatic nitrogens is 4. The fourth-order valence-electron chi connectivity index (χ4n) is 2.00. The van der Waals surface area contributed by atoms with Crippen molar-refractivity contribution in [3.8, 4) is 0 Å². The molecule has 0 saturated heterocycles. The second-order valence-corrected chi connectivity index (χ2v) is 4.42. The van der Waals surface area contributed by atoms with Gasteiger partial charge in [0.15, 0.2) is 0 Å². The summed E-state index contributed by atoms with van der Waals surface area (Å²) in [6.07, 6.45) is 6.75. The minimum absolute atomic E-state index is 0.455. The molecule has 5 nitrogen and oxygen atoms in total. The Morgan fingerprint density at radius 2 is 2.06 bits per heavy atom. The molecule has 0 aliphatic heterocycles. The van der Waals surface area contributed by atoms with Crippen molar-refractivity contribution in [3.05, 3.63) is 35.4 Å². The number of hydrogen-bond acceptors (Lipinski definition) is 3. The van der Waals surface area contributed by atoms with Crippen molar-refractivity contribution in [2.75, 3.05) is 0 Å². The zero-order valence-electron chi connectivity index (χ0n) is 10.5. The Morgan fingerprint density at radius 1 is 1.29 bits per heavy atom. The summed E-state index contributed by atoms with van der Waals surface area (Å²) in [5.41, 5.74) is 2.95. The molecule has 0 bridgehead atoms. The average Bonchev–Trinajstić information content (AvgIpc) is 2.81. The molecule has 0 radical (unpaired) electrons. The Bertz CT molecular complexity index is 500. The van der Waals surface area contributed by atoms with Gasteiger partial charge in [-0.05, 0) is 25.3 Å². The lowest BCUT2D eigenvalue weighted by molar-refractivity contribution is 0.167. The molecule has 2 aromatic rings. The van der Waals surface area contributed by atoms with Gasteiger partial charge in [-0.3, -0.25) is 9.36 Å². The predicted molar refractivity (Wildman–Crippen MR) is 64.4 cm³/mol. The number of hydrogen-bond donors (Lipinski definition) is 1. The highest BCUT2D eigenvalue weighted by molar-refractivity contribution is 5.18. The van der Waals surface area contributed by atoms with Crippen molar-refractivity contribution >= 4 is 0 Å². The fourth-order valence-corrected chi connectivity index (χ4v) is 2.00. The van der Waals surface area contributed by atoms with E-state index in [1.165, 1.54) is 0 Å². The van der Waals surface area contributed by atoms with E-state index in [1.807, 2.05) is 39.6 Å². The third-order valence-electron chi connectivity index (χ3n) is 2.88. The van der Waals surface area contributed by atoms with Gasteiger partial charge in [0, 0.05) is 32.1 Å². The molecule has 0 aromatic carbocycles. The van der Waals surface area contributed by atoms with Gasteiger partial charge in [-0.15, -0.1) is 0 Å². The largest absolute Gasteiger partial charge is 0.388 e. The number of rotatable bonds is 4. The van der Waals surface area contributed by atoms with Gasteiger partial charge in [-0.1, -0.05) is 0 Å². The fraction of sp³-hybridized carbons (Fsp3) is 0.500. The molecule has 1 N–H and O–H groups in total. The van der Waals surface area contributed by atoms with Crippen LogP contribution in [0.4, 0.5) is 0 Å². The molecule has 0 spiro atoms. The predicted octanol–water partition coefficient (Wildman–Crippen LogP) is 1.13. The zero-order valence-corrected chi connectivity index (χ0v) is 10.5. The third kappa shape index (κ3) is 2.74. The molecule has 2 heterocycles. The SMILES string of the molecule is Cc1nn(C)cc1C(O)CCc1cnn(C)c1. The van der Waals surface area contributed by atoms with E-state index in [9.17, 15) is 5.11 Å². The maximum atomic E-state index is 10.1. The quantitative estimate of drug-likeness (QED) is 0.862. The lowest BCUT2D eigenvalue weighted by Crippen LogP contribution is -2.00. The third-order valence-corrected chi connectivity index (χ3v) is 2.88. The lowest BCUT2D eigenvalue weighted by atomic mass is 10.0. The second-order valence-electron chi connectivity index (χ2n) is 4.42. The van der Waals surface area contributed by atoms with Crippen LogP contribution in [0, 0.1) is 6.92 Å². The van der Waals surface area contributed by atoms with Gasteiger partial charge in [0.05, 0.1) is 18.0 Å². The van der Waals surface area contributed by atoms with Crippen molar-refractivity contribution in [1.29, 1.82) is 0 Å². The van der Waals surface area contributed by atoms with Crippen LogP contribution in [0.1, 0.15) is 29.3 Å². The van der Waals surface area contributed by atoms with Crippen molar-refractivity contribution in [3.63, 3.8) is 0 Å². The molecule has 2 aromatic heterocycles. The van der Waals surface area contributed by atoms with E-state index in [2.05, 4.69) is 10.2 Å². The number of aryl methyl sites for hydroxylation is 4. The minimum atomic E-state index is -0.455. The zero-order chi connectivity index (χ0) is 12.4. The smallest absolute Gasteiger partial charge is 0.0826 e. The van der Waals surface area contributed by atoms with Gasteiger partial charge in [-0.25, -0.2) is 0 Å². The Morgan fingerprint density at radius 3 is 2.59 bits per heavy atom. The minimum Gasteiger partial charge on any atom is -0.388 e. The summed E-state index contributed by atoms with van der Waals surface area (Å²) in [6, 6.07) is 0. The summed E-state index contributed by atoms with van der Waals surface area (Å²) in [4.78, 5) is 0. The monoisotopic (exact) mass is 234 g/mol. The van der Waals surface area contributed by atoms with E-state index < -0.39 is 6.10 Å². The first-order valence-electron chi connectivity index (χ1n) is 5.72. The number of nitrogens with zero attached hydrogens (tertiary/aromatic N) is 4. The standard InChI is InChI=1S/C12H18N4O/c1-9-11(8-16(3)14-9)12(17)5-4-10-6-13-15(2)7-10/h6-8,12,17H,4-5H2,1-3H3. The lowest BCUT2D eigenvalue weighted by Gasteiger charge is -2.08. The first kappa shape index (κ1) is 11.9. The van der Waals surface area contributed by atoms with Crippen LogP contribution >= 0.6 is 0 Å². The number of aliphatic hydroxyl groups excluding tert-OH is 1. The molecule has 0 aliphatic carbocycles. The first-order valence-corrected chi connectivity index (χ1v) is 5.72. The van der Waals surface area contributed by atoms with Gasteiger partial charge in [0.1, 0.15) is 0 Å². The van der Waals surface area contributed by atoms with Gasteiger partial charge in [0.25, 0.3) is 0 Å². The van der Waals surface area contributed by atoms with E-state index in [0.717, 1.165) is 23.2 Å². The maximum absolute atomic E-state index is 10.1. The van der Waals surface area contributed by atoms with Crippen LogP contribution in [0.5, 0.6) is 0 Å². The van der Waals surface area contributed by atoms with E-state index in [4.69, 9.17) is 0 Å². The van der Waals surface area contributed by atoms with Crippen molar-refractivity contribution < 1.29 is 5.11 Å². The molecule has 0 saturated carbocycles. The van der Waals surface area contributed by atoms with E-state index in [1.54, 1.807) is 9.36 Å². The van der Waals surface area contributed by atoms with Crippen LogP contribution in [0.25, 0.3) is 0 Å². The molecule has 2 rings (SSSR count). The van der Waals surface area contributed by atoms with Crippen molar-refractivity contribution in [2.45, 2.75) is 25.9 Å². The van der Waals surface area contributed by atoms with Gasteiger partial charge >= 0.3 is 0 Å². The molecule has 0 amide bonds. The summed E-state index contributed by atoms with van der Waals surface area (Å²) in [6.45, 7) is 1.92. The number of aliphatic hydroxyl groups is 1. The second kappa shape index (κ2) is 4.71. The Labute approximate surface area is 101 Å². The van der Waals surface area contributed by atoms with Crippen LogP contribution in [0.15, 0.2) is 18.6 Å². The first-order chi connectivity index (χ1) is 8.06. The van der Waals surface area contributed by atoms with Gasteiger partial charge < -0.3 is 5.11 Å². The Kier molecular flexibility index (Phi) is 3.28. The highest BCUT2D eigenvalue weighted by Gasteiger charge is 2.13. The molecule has 5 heteroatoms. The molecular formula is C12H18N4O. The summed E-state index contributed by atoms with van der Waals surface area (Å²) in [5, 5.41) is 18.4. The summed E-state index contributed by atoms with van der Waals surface area (Å²) >= 11 is 0. The topological polar surface area (TPSA) is 55.9 Å². The van der Waals surface area contributed by atoms with E-state index in [-0.39, 0.29) is 0 Å². The molecular weight excluding hydrogens is 216 g/mol. The normalized spacial score (nSPS) is 12.9. The van der Waals surface area contributed by atoms with Gasteiger partial charge in [-0.2, -0.15) is 10.2 Å². The summed E-state index contributed by atoms with van der Waals surface area (Å²) < 4.78 is 3.51. The average molecular weight is 234 g/mol. The molecule has 1 unspecified atom stereocenters. The van der Waals surface area contributed by atoms with Crippen LogP contribution in [0.3, 0.4) is 0 Å². The van der Waals surface area contributed by atoms with Crippen LogP contribution in [-0.2, 0) is 20.5 Å². The molecule has 1 atom stereocenters. The van der Waals surface area contributed by atoms with Crippen LogP contribution in [-0.4, -0.2) is 24.7 Å². The van der Waals surface area contributed by atoms with Crippen LogP contribution < -0.4 is 0 Å². The van der Waals surface area contributed by atoms with Gasteiger partial charge in [0.2, 0.25) is 0 Å². The maximum Gasteiger partial charge on any atom is 0.0826 e. The Balaban J connectivity index is 1.97. The van der Waals surface area contributed by atoms with Crippen molar-refractivity contribution in [1.82, 2.24) is 19.6 Å². The highest BCUT2D eigenvalue weighted by Crippen LogP contribution is 2.21. The Hall–Kier alpha value is -1.62. The van der Waals surface area contributed by atoms with E-state index in [0.29, 0.717) is 6.42 Å². The molecule has 17 heavy (non-hydrogen) atoms. The molecule has 0 fully saturated rings. The molecule has 0 aliphatic rings. The van der Waals surface area contributed by atoms with Crippen molar-refractivity contribution in [2.24, 2.45) is 14.1 Å². The summed E-state index contributed by atoms with van der Waals surface area (Å²) in [5.74, 6) is 0. The molecule has 92 valence electrons. The van der Waals surface area contributed by atoms with E-state index >= 15 is 0 Å².